The number of halogens is 2. The predicted octanol–water partition coefficient (Wildman–Crippen LogP) is 3.71. The number of hydrogen-bond acceptors (Lipinski definition) is 2. The second-order valence-corrected chi connectivity index (χ2v) is 4.75. The lowest BCUT2D eigenvalue weighted by molar-refractivity contribution is 0.620. The SMILES string of the molecule is Cc1cc2c(cc1F)nc(N)n2-c1ccccc1Cl. The Hall–Kier alpha value is -2.07. The summed E-state index contributed by atoms with van der Waals surface area (Å²) in [6.45, 7) is 1.70. The maximum atomic E-state index is 13.6. The fourth-order valence-corrected chi connectivity index (χ4v) is 2.33. The Morgan fingerprint density at radius 1 is 1.26 bits per heavy atom. The Bertz CT molecular complexity index is 780. The van der Waals surface area contributed by atoms with Crippen molar-refractivity contribution in [1.82, 2.24) is 9.55 Å². The average Bonchev–Trinajstić information content (AvgIpc) is 2.66. The van der Waals surface area contributed by atoms with Gasteiger partial charge in [0, 0.05) is 6.07 Å². The molecule has 0 radical (unpaired) electrons. The van der Waals surface area contributed by atoms with E-state index in [1.807, 2.05) is 18.2 Å². The number of fused-ring (bicyclic) bond motifs is 1. The van der Waals surface area contributed by atoms with Crippen molar-refractivity contribution in [2.24, 2.45) is 0 Å². The molecule has 0 fully saturated rings. The summed E-state index contributed by atoms with van der Waals surface area (Å²) in [7, 11) is 0. The molecule has 0 bridgehead atoms. The van der Waals surface area contributed by atoms with Gasteiger partial charge in [-0.1, -0.05) is 23.7 Å². The summed E-state index contributed by atoms with van der Waals surface area (Å²) in [4.78, 5) is 4.17. The van der Waals surface area contributed by atoms with E-state index < -0.39 is 0 Å². The number of nitrogen functional groups attached to an aromatic ring is 1. The average molecular weight is 276 g/mol. The maximum absolute atomic E-state index is 13.6. The number of nitrogens with two attached hydrogens (primary N) is 1. The minimum atomic E-state index is -0.295. The molecule has 2 N–H and O–H groups in total. The first-order valence-electron chi connectivity index (χ1n) is 5.77. The van der Waals surface area contributed by atoms with Crippen molar-refractivity contribution in [3.05, 3.63) is 52.8 Å². The van der Waals surface area contributed by atoms with Crippen LogP contribution in [0, 0.1) is 12.7 Å². The van der Waals surface area contributed by atoms with Gasteiger partial charge < -0.3 is 5.73 Å². The lowest BCUT2D eigenvalue weighted by atomic mass is 10.2. The standard InChI is InChI=1S/C14H11ClFN3/c1-8-6-13-11(7-10(8)16)18-14(17)19(13)12-5-3-2-4-9(12)15/h2-7H,1H3,(H2,17,18). The number of para-hydroxylation sites is 1. The highest BCUT2D eigenvalue weighted by Crippen LogP contribution is 2.29. The summed E-state index contributed by atoms with van der Waals surface area (Å²) in [6.07, 6.45) is 0. The van der Waals surface area contributed by atoms with E-state index in [0.29, 0.717) is 16.1 Å². The van der Waals surface area contributed by atoms with Crippen LogP contribution in [0.2, 0.25) is 5.02 Å². The van der Waals surface area contributed by atoms with Crippen LogP contribution in [0.4, 0.5) is 10.3 Å². The highest BCUT2D eigenvalue weighted by Gasteiger charge is 2.14. The molecule has 3 aromatic rings. The molecule has 5 heteroatoms. The summed E-state index contributed by atoms with van der Waals surface area (Å²) >= 11 is 6.18. The number of imidazole rings is 1. The van der Waals surface area contributed by atoms with Gasteiger partial charge >= 0.3 is 0 Å². The fourth-order valence-electron chi connectivity index (χ4n) is 2.11. The van der Waals surface area contributed by atoms with Gasteiger partial charge in [-0.05, 0) is 30.7 Å². The van der Waals surface area contributed by atoms with E-state index >= 15 is 0 Å². The first-order valence-corrected chi connectivity index (χ1v) is 6.14. The zero-order valence-corrected chi connectivity index (χ0v) is 10.9. The van der Waals surface area contributed by atoms with E-state index in [1.165, 1.54) is 6.07 Å². The molecule has 1 aromatic heterocycles. The molecule has 0 unspecified atom stereocenters. The molecule has 0 aliphatic carbocycles. The predicted molar refractivity (Wildman–Crippen MR) is 75.2 cm³/mol. The Balaban J connectivity index is 2.38. The molecule has 0 amide bonds. The van der Waals surface area contributed by atoms with E-state index in [1.54, 1.807) is 23.6 Å². The number of aryl methyl sites for hydroxylation is 1. The summed E-state index contributed by atoms with van der Waals surface area (Å²) in [5.41, 5.74) is 8.45. The third kappa shape index (κ3) is 1.85. The van der Waals surface area contributed by atoms with Crippen LogP contribution in [0.25, 0.3) is 16.7 Å². The topological polar surface area (TPSA) is 43.8 Å². The molecule has 0 saturated carbocycles. The van der Waals surface area contributed by atoms with Crippen molar-refractivity contribution in [3.8, 4) is 5.69 Å². The Labute approximate surface area is 114 Å². The second-order valence-electron chi connectivity index (χ2n) is 4.35. The maximum Gasteiger partial charge on any atom is 0.205 e. The van der Waals surface area contributed by atoms with E-state index in [4.69, 9.17) is 17.3 Å². The van der Waals surface area contributed by atoms with Crippen LogP contribution in [0.3, 0.4) is 0 Å². The summed E-state index contributed by atoms with van der Waals surface area (Å²) in [5, 5.41) is 0.565. The van der Waals surface area contributed by atoms with Crippen molar-refractivity contribution in [2.45, 2.75) is 6.92 Å². The monoisotopic (exact) mass is 275 g/mol. The Morgan fingerprint density at radius 2 is 2.00 bits per heavy atom. The minimum absolute atomic E-state index is 0.285. The molecular weight excluding hydrogens is 265 g/mol. The third-order valence-corrected chi connectivity index (χ3v) is 3.37. The first-order chi connectivity index (χ1) is 9.08. The lowest BCUT2D eigenvalue weighted by Crippen LogP contribution is -2.01. The molecule has 1 heterocycles. The van der Waals surface area contributed by atoms with E-state index in [0.717, 1.165) is 11.2 Å². The fraction of sp³-hybridized carbons (Fsp3) is 0.0714. The van der Waals surface area contributed by atoms with Crippen molar-refractivity contribution in [2.75, 3.05) is 5.73 Å². The van der Waals surface area contributed by atoms with Gasteiger partial charge in [0.1, 0.15) is 5.82 Å². The number of nitrogens with zero attached hydrogens (tertiary/aromatic N) is 2. The van der Waals surface area contributed by atoms with Crippen LogP contribution in [0.15, 0.2) is 36.4 Å². The minimum Gasteiger partial charge on any atom is -0.369 e. The van der Waals surface area contributed by atoms with Gasteiger partial charge in [-0.3, -0.25) is 4.57 Å². The van der Waals surface area contributed by atoms with Gasteiger partial charge in [0.05, 0.1) is 21.7 Å². The van der Waals surface area contributed by atoms with Crippen LogP contribution >= 0.6 is 11.6 Å². The second kappa shape index (κ2) is 4.24. The van der Waals surface area contributed by atoms with Gasteiger partial charge in [-0.25, -0.2) is 9.37 Å². The number of benzene rings is 2. The quantitative estimate of drug-likeness (QED) is 0.736. The van der Waals surface area contributed by atoms with Crippen LogP contribution in [-0.4, -0.2) is 9.55 Å². The number of rotatable bonds is 1. The van der Waals surface area contributed by atoms with Crippen LogP contribution in [0.5, 0.6) is 0 Å². The van der Waals surface area contributed by atoms with Gasteiger partial charge in [0.25, 0.3) is 0 Å². The molecule has 0 aliphatic heterocycles. The van der Waals surface area contributed by atoms with Gasteiger partial charge in [0.15, 0.2) is 0 Å². The highest BCUT2D eigenvalue weighted by molar-refractivity contribution is 6.32. The van der Waals surface area contributed by atoms with Gasteiger partial charge in [-0.15, -0.1) is 0 Å². The largest absolute Gasteiger partial charge is 0.369 e. The molecule has 0 spiro atoms. The summed E-state index contributed by atoms with van der Waals surface area (Å²) in [6, 6.07) is 10.4. The van der Waals surface area contributed by atoms with Gasteiger partial charge in [0.2, 0.25) is 5.95 Å². The zero-order valence-electron chi connectivity index (χ0n) is 10.2. The lowest BCUT2D eigenvalue weighted by Gasteiger charge is -2.08. The molecule has 0 atom stereocenters. The highest BCUT2D eigenvalue weighted by atomic mass is 35.5. The van der Waals surface area contributed by atoms with E-state index in [-0.39, 0.29) is 11.8 Å². The molecule has 96 valence electrons. The first kappa shape index (κ1) is 12.0. The van der Waals surface area contributed by atoms with Crippen molar-refractivity contribution in [1.29, 1.82) is 0 Å². The number of hydrogen-bond donors (Lipinski definition) is 1. The molecule has 19 heavy (non-hydrogen) atoms. The number of aromatic nitrogens is 2. The Kier molecular flexibility index (Phi) is 2.68. The van der Waals surface area contributed by atoms with Crippen LogP contribution in [-0.2, 0) is 0 Å². The Morgan fingerprint density at radius 3 is 2.74 bits per heavy atom. The van der Waals surface area contributed by atoms with Gasteiger partial charge in [-0.2, -0.15) is 0 Å². The van der Waals surface area contributed by atoms with E-state index in [9.17, 15) is 4.39 Å². The summed E-state index contributed by atoms with van der Waals surface area (Å²) < 4.78 is 15.3. The summed E-state index contributed by atoms with van der Waals surface area (Å²) in [5.74, 6) is -0.00981. The molecule has 2 aromatic carbocycles. The van der Waals surface area contributed by atoms with Crippen LogP contribution < -0.4 is 5.73 Å². The van der Waals surface area contributed by atoms with Crippen LogP contribution in [0.1, 0.15) is 5.56 Å². The van der Waals surface area contributed by atoms with E-state index in [2.05, 4.69) is 4.98 Å². The molecule has 0 saturated heterocycles. The number of anilines is 1. The normalized spacial score (nSPS) is 11.1. The van der Waals surface area contributed by atoms with Crippen molar-refractivity contribution < 1.29 is 4.39 Å². The zero-order chi connectivity index (χ0) is 13.6. The third-order valence-electron chi connectivity index (χ3n) is 3.05. The van der Waals surface area contributed by atoms with Crippen molar-refractivity contribution in [3.63, 3.8) is 0 Å². The molecule has 3 nitrogen and oxygen atoms in total. The van der Waals surface area contributed by atoms with Crippen molar-refractivity contribution >= 4 is 28.6 Å². The molecule has 3 rings (SSSR count). The smallest absolute Gasteiger partial charge is 0.205 e. The molecular formula is C14H11ClFN3. The molecule has 0 aliphatic rings.